The molecule has 2 aliphatic rings. The highest BCUT2D eigenvalue weighted by Crippen LogP contribution is 2.35. The van der Waals surface area contributed by atoms with Crippen molar-refractivity contribution >= 4 is 54.4 Å². The summed E-state index contributed by atoms with van der Waals surface area (Å²) in [6, 6.07) is 7.15. The molecule has 0 aromatic heterocycles. The van der Waals surface area contributed by atoms with E-state index in [0.717, 1.165) is 10.2 Å². The van der Waals surface area contributed by atoms with E-state index in [4.69, 9.17) is 4.74 Å². The number of thioether (sulfide) groups is 1. The number of fused-ring (bicyclic) bond motifs is 1. The van der Waals surface area contributed by atoms with E-state index in [0.29, 0.717) is 11.8 Å². The summed E-state index contributed by atoms with van der Waals surface area (Å²) in [6.45, 7) is 2.10. The summed E-state index contributed by atoms with van der Waals surface area (Å²) in [5.74, 6) is 0.00596. The van der Waals surface area contributed by atoms with Gasteiger partial charge in [-0.05, 0) is 31.2 Å². The lowest BCUT2D eigenvalue weighted by Crippen LogP contribution is -2.39. The Morgan fingerprint density at radius 1 is 1.38 bits per heavy atom. The fourth-order valence-corrected chi connectivity index (χ4v) is 5.89. The molecule has 6 nitrogen and oxygen atoms in total. The number of carbonyl (C=O) groups is 1. The minimum Gasteiger partial charge on any atom is -0.465 e. The van der Waals surface area contributed by atoms with Crippen molar-refractivity contribution in [1.29, 1.82) is 0 Å². The zero-order valence-electron chi connectivity index (χ0n) is 13.0. The quantitative estimate of drug-likeness (QED) is 0.677. The van der Waals surface area contributed by atoms with Crippen LogP contribution in [0.25, 0.3) is 0 Å². The topological polar surface area (TPSA) is 76.0 Å². The number of anilines is 1. The number of ether oxygens (including phenoxy) is 1. The molecule has 0 aliphatic carbocycles. The van der Waals surface area contributed by atoms with Crippen molar-refractivity contribution in [3.63, 3.8) is 0 Å². The molecule has 1 fully saturated rings. The highest BCUT2D eigenvalue weighted by Gasteiger charge is 2.47. The van der Waals surface area contributed by atoms with E-state index in [1.165, 1.54) is 11.8 Å². The van der Waals surface area contributed by atoms with E-state index in [9.17, 15) is 13.2 Å². The molecule has 2 heterocycles. The van der Waals surface area contributed by atoms with Gasteiger partial charge in [0.05, 0.1) is 35.9 Å². The van der Waals surface area contributed by atoms with E-state index in [1.807, 2.05) is 29.2 Å². The number of hydrogen-bond acceptors (Lipinski definition) is 7. The van der Waals surface area contributed by atoms with Gasteiger partial charge in [-0.2, -0.15) is 0 Å². The average Bonchev–Trinajstić information content (AvgIpc) is 2.98. The number of halogens is 1. The zero-order valence-corrected chi connectivity index (χ0v) is 16.2. The molecule has 1 aromatic carbocycles. The molecule has 0 spiro atoms. The number of nitrogens with zero attached hydrogens (tertiary/aromatic N) is 2. The Kier molecular flexibility index (Phi) is 5.22. The second-order valence-electron chi connectivity index (χ2n) is 5.56. The summed E-state index contributed by atoms with van der Waals surface area (Å²) < 4.78 is 29.8. The van der Waals surface area contributed by atoms with E-state index in [2.05, 4.69) is 20.9 Å². The van der Waals surface area contributed by atoms with Crippen molar-refractivity contribution in [2.75, 3.05) is 28.8 Å². The van der Waals surface area contributed by atoms with Gasteiger partial charge in [-0.3, -0.25) is 9.79 Å². The van der Waals surface area contributed by atoms with Crippen molar-refractivity contribution in [1.82, 2.24) is 0 Å². The molecule has 0 bridgehead atoms. The number of amidine groups is 1. The number of sulfone groups is 1. The second-order valence-corrected chi connectivity index (χ2v) is 9.58. The molecular formula is C15H17BrN2O4S2. The smallest absolute Gasteiger partial charge is 0.316 e. The summed E-state index contributed by atoms with van der Waals surface area (Å²) in [4.78, 5) is 18.1. The molecule has 2 aliphatic heterocycles. The maximum Gasteiger partial charge on any atom is 0.316 e. The van der Waals surface area contributed by atoms with Crippen LogP contribution in [0.15, 0.2) is 33.7 Å². The Bertz CT molecular complexity index is 764. The highest BCUT2D eigenvalue weighted by molar-refractivity contribution is 9.10. The van der Waals surface area contributed by atoms with Gasteiger partial charge in [-0.15, -0.1) is 0 Å². The molecule has 1 saturated heterocycles. The number of hydrogen-bond donors (Lipinski definition) is 0. The van der Waals surface area contributed by atoms with Crippen molar-refractivity contribution in [2.24, 2.45) is 4.99 Å². The average molecular weight is 433 g/mol. The Morgan fingerprint density at radius 2 is 2.08 bits per heavy atom. The van der Waals surface area contributed by atoms with Crippen molar-refractivity contribution in [2.45, 2.75) is 19.0 Å². The lowest BCUT2D eigenvalue weighted by molar-refractivity contribution is -0.139. The molecule has 2 atom stereocenters. The standard InChI is InChI=1S/C15H17BrN2O4S2/c1-2-22-14(19)7-23-15-17-12-8-24(20,21)9-13(12)18(15)11-5-3-10(16)4-6-11/h3-6,12-13H,2,7-9H2,1H3. The van der Waals surface area contributed by atoms with Crippen molar-refractivity contribution in [3.05, 3.63) is 28.7 Å². The molecule has 0 saturated carbocycles. The third-order valence-electron chi connectivity index (χ3n) is 3.84. The van der Waals surface area contributed by atoms with Gasteiger partial charge in [0.1, 0.15) is 0 Å². The molecule has 0 radical (unpaired) electrons. The van der Waals surface area contributed by atoms with Gasteiger partial charge >= 0.3 is 5.97 Å². The monoisotopic (exact) mass is 432 g/mol. The van der Waals surface area contributed by atoms with E-state index in [1.54, 1.807) is 6.92 Å². The first-order valence-electron chi connectivity index (χ1n) is 7.51. The summed E-state index contributed by atoms with van der Waals surface area (Å²) in [5.41, 5.74) is 0.873. The summed E-state index contributed by atoms with van der Waals surface area (Å²) in [7, 11) is -3.08. The van der Waals surface area contributed by atoms with Crippen molar-refractivity contribution < 1.29 is 17.9 Å². The van der Waals surface area contributed by atoms with Gasteiger partial charge in [0.2, 0.25) is 0 Å². The predicted molar refractivity (Wildman–Crippen MR) is 99.4 cm³/mol. The third kappa shape index (κ3) is 3.78. The van der Waals surface area contributed by atoms with Crippen LogP contribution in [0.2, 0.25) is 0 Å². The predicted octanol–water partition coefficient (Wildman–Crippen LogP) is 2.09. The second kappa shape index (κ2) is 7.05. The van der Waals surface area contributed by atoms with Crippen LogP contribution in [-0.2, 0) is 19.4 Å². The van der Waals surface area contributed by atoms with Crippen LogP contribution in [0.3, 0.4) is 0 Å². The largest absolute Gasteiger partial charge is 0.465 e. The van der Waals surface area contributed by atoms with Crippen LogP contribution in [-0.4, -0.2) is 55.5 Å². The zero-order chi connectivity index (χ0) is 17.3. The third-order valence-corrected chi connectivity index (χ3v) is 7.00. The first kappa shape index (κ1) is 17.8. The van der Waals surface area contributed by atoms with Crippen molar-refractivity contribution in [3.8, 4) is 0 Å². The van der Waals surface area contributed by atoms with E-state index >= 15 is 0 Å². The lowest BCUT2D eigenvalue weighted by Gasteiger charge is -2.26. The summed E-state index contributed by atoms with van der Waals surface area (Å²) in [6.07, 6.45) is 0. The maximum atomic E-state index is 11.9. The van der Waals surface area contributed by atoms with Crippen LogP contribution in [0, 0.1) is 0 Å². The maximum absolute atomic E-state index is 11.9. The first-order valence-corrected chi connectivity index (χ1v) is 11.1. The Morgan fingerprint density at radius 3 is 2.75 bits per heavy atom. The van der Waals surface area contributed by atoms with E-state index < -0.39 is 9.84 Å². The number of carbonyl (C=O) groups excluding carboxylic acids is 1. The minimum atomic E-state index is -3.08. The first-order chi connectivity index (χ1) is 11.4. The van der Waals surface area contributed by atoms with Gasteiger partial charge in [-0.25, -0.2) is 8.42 Å². The van der Waals surface area contributed by atoms with E-state index in [-0.39, 0.29) is 35.3 Å². The molecule has 2 unspecified atom stereocenters. The Hall–Kier alpha value is -1.06. The summed E-state index contributed by atoms with van der Waals surface area (Å²) in [5, 5.41) is 0.676. The Labute approximate surface area is 153 Å². The Balaban J connectivity index is 1.84. The SMILES string of the molecule is CCOC(=O)CSC1=NC2CS(=O)(=O)CC2N1c1ccc(Br)cc1. The lowest BCUT2D eigenvalue weighted by atomic mass is 10.1. The van der Waals surface area contributed by atoms with Crippen LogP contribution in [0.4, 0.5) is 5.69 Å². The molecule has 1 aromatic rings. The van der Waals surface area contributed by atoms with Gasteiger partial charge in [-0.1, -0.05) is 27.7 Å². The normalized spacial score (nSPS) is 24.6. The van der Waals surface area contributed by atoms with Crippen LogP contribution < -0.4 is 4.90 Å². The summed E-state index contributed by atoms with van der Waals surface area (Å²) >= 11 is 4.69. The molecule has 0 N–H and O–H groups in total. The number of rotatable bonds is 4. The van der Waals surface area contributed by atoms with Gasteiger partial charge < -0.3 is 9.64 Å². The van der Waals surface area contributed by atoms with Crippen LogP contribution in [0.1, 0.15) is 6.92 Å². The van der Waals surface area contributed by atoms with Gasteiger partial charge in [0.15, 0.2) is 15.0 Å². The van der Waals surface area contributed by atoms with Crippen LogP contribution >= 0.6 is 27.7 Å². The molecule has 9 heteroatoms. The molecule has 0 amide bonds. The number of esters is 1. The number of aliphatic imine (C=N–C) groups is 1. The highest BCUT2D eigenvalue weighted by atomic mass is 79.9. The fraction of sp³-hybridized carbons (Fsp3) is 0.467. The minimum absolute atomic E-state index is 0.0637. The van der Waals surface area contributed by atoms with Gasteiger partial charge in [0.25, 0.3) is 0 Å². The molecule has 130 valence electrons. The molecule has 3 rings (SSSR count). The van der Waals surface area contributed by atoms with Crippen LogP contribution in [0.5, 0.6) is 0 Å². The fourth-order valence-electron chi connectivity index (χ4n) is 2.86. The number of benzene rings is 1. The van der Waals surface area contributed by atoms with Gasteiger partial charge in [0, 0.05) is 10.2 Å². The molecular weight excluding hydrogens is 416 g/mol. The molecule has 24 heavy (non-hydrogen) atoms.